The summed E-state index contributed by atoms with van der Waals surface area (Å²) in [6, 6.07) is 0. The van der Waals surface area contributed by atoms with Gasteiger partial charge in [-0.05, 0) is 0 Å². The van der Waals surface area contributed by atoms with Gasteiger partial charge in [-0.3, -0.25) is 0 Å². The van der Waals surface area contributed by atoms with Crippen molar-refractivity contribution >= 4 is 23.1 Å². The standard InChI is InChI=1S/C3H3N2S/c4-3-5-1-2-6-3/h1H,2H2. The number of aliphatic imine (C=N–C) groups is 1. The van der Waals surface area contributed by atoms with Crippen molar-refractivity contribution in [2.45, 2.75) is 0 Å². The van der Waals surface area contributed by atoms with Crippen LogP contribution in [0.5, 0.6) is 0 Å². The Hall–Kier alpha value is -0.310. The highest BCUT2D eigenvalue weighted by Crippen LogP contribution is 2.04. The largest absolute Gasteiger partial charge is 0.233 e. The molecule has 0 unspecified atom stereocenters. The minimum absolute atomic E-state index is 0.190. The molecule has 0 spiro atoms. The molecule has 1 heterocycles. The lowest BCUT2D eigenvalue weighted by atomic mass is 10.9. The Morgan fingerprint density at radius 1 is 2.00 bits per heavy atom. The molecule has 31 valence electrons. The topological polar surface area (TPSA) is 34.7 Å². The third-order valence-electron chi connectivity index (χ3n) is 0.489. The van der Waals surface area contributed by atoms with Crippen molar-refractivity contribution in [3.63, 3.8) is 0 Å². The van der Waals surface area contributed by atoms with Gasteiger partial charge < -0.3 is 0 Å². The van der Waals surface area contributed by atoms with Gasteiger partial charge in [-0.25, -0.2) is 4.99 Å². The van der Waals surface area contributed by atoms with Crippen LogP contribution in [0, 0.1) is 0 Å². The molecule has 0 atom stereocenters. The molecule has 0 saturated carbocycles. The van der Waals surface area contributed by atoms with Gasteiger partial charge in [-0.15, -0.1) is 5.41 Å². The monoisotopic (exact) mass is 99.0 g/mol. The average molecular weight is 99.1 g/mol. The average Bonchev–Trinajstić information content (AvgIpc) is 1.86. The lowest BCUT2D eigenvalue weighted by Crippen LogP contribution is -1.75. The Morgan fingerprint density at radius 3 is 3.00 bits per heavy atom. The maximum absolute atomic E-state index is 8.41. The van der Waals surface area contributed by atoms with Crippen molar-refractivity contribution in [3.8, 4) is 0 Å². The summed E-state index contributed by atoms with van der Waals surface area (Å²) in [5.41, 5.74) is 0. The summed E-state index contributed by atoms with van der Waals surface area (Å²) in [7, 11) is 0. The van der Waals surface area contributed by atoms with Crippen LogP contribution in [0.25, 0.3) is 0 Å². The van der Waals surface area contributed by atoms with Gasteiger partial charge in [0, 0.05) is 12.0 Å². The zero-order valence-corrected chi connectivity index (χ0v) is 3.90. The van der Waals surface area contributed by atoms with Crippen molar-refractivity contribution in [2.75, 3.05) is 5.75 Å². The molecular formula is C3H3N2S. The number of amidine groups is 1. The molecule has 0 aliphatic carbocycles. The number of thioether (sulfide) groups is 1. The van der Waals surface area contributed by atoms with E-state index in [1.54, 1.807) is 6.21 Å². The van der Waals surface area contributed by atoms with Crippen molar-refractivity contribution in [3.05, 3.63) is 0 Å². The van der Waals surface area contributed by atoms with Crippen molar-refractivity contribution in [2.24, 2.45) is 4.99 Å². The molecule has 0 fully saturated rings. The third kappa shape index (κ3) is 0.597. The van der Waals surface area contributed by atoms with Crippen LogP contribution >= 0.6 is 11.8 Å². The van der Waals surface area contributed by atoms with Gasteiger partial charge >= 0.3 is 0 Å². The number of hydrogen-bond donors (Lipinski definition) is 0. The van der Waals surface area contributed by atoms with Crippen molar-refractivity contribution < 1.29 is 0 Å². The van der Waals surface area contributed by atoms with E-state index in [-0.39, 0.29) is 5.17 Å². The first-order valence-corrected chi connectivity index (χ1v) is 2.59. The Labute approximate surface area is 40.2 Å². The van der Waals surface area contributed by atoms with Gasteiger partial charge in [0.2, 0.25) is 5.17 Å². The maximum atomic E-state index is 8.41. The molecule has 0 aromatic carbocycles. The minimum atomic E-state index is 0.190. The molecule has 1 rings (SSSR count). The molecule has 2 nitrogen and oxygen atoms in total. The van der Waals surface area contributed by atoms with Crippen molar-refractivity contribution in [1.82, 2.24) is 5.41 Å². The SMILES string of the molecule is [N]=C1N=CCS1. The van der Waals surface area contributed by atoms with Crippen LogP contribution in [0.4, 0.5) is 0 Å². The first-order chi connectivity index (χ1) is 2.89. The Bertz CT molecular complexity index is 97.0. The predicted octanol–water partition coefficient (Wildman–Crippen LogP) is -0.0399. The van der Waals surface area contributed by atoms with Crippen LogP contribution in [0.1, 0.15) is 0 Å². The van der Waals surface area contributed by atoms with Gasteiger partial charge in [0.05, 0.1) is 0 Å². The van der Waals surface area contributed by atoms with E-state index in [4.69, 9.17) is 5.41 Å². The summed E-state index contributed by atoms with van der Waals surface area (Å²) < 4.78 is 0. The number of nitrogens with zero attached hydrogens (tertiary/aromatic N) is 2. The molecule has 0 amide bonds. The van der Waals surface area contributed by atoms with E-state index in [1.807, 2.05) is 0 Å². The van der Waals surface area contributed by atoms with Crippen LogP contribution < -0.4 is 5.41 Å². The second kappa shape index (κ2) is 1.43. The van der Waals surface area contributed by atoms with E-state index in [0.717, 1.165) is 5.75 Å². The zero-order valence-electron chi connectivity index (χ0n) is 3.09. The first-order valence-electron chi connectivity index (χ1n) is 1.61. The molecule has 1 radical (unpaired) electrons. The summed E-state index contributed by atoms with van der Waals surface area (Å²) in [5.74, 6) is 0.825. The highest BCUT2D eigenvalue weighted by Gasteiger charge is 1.97. The summed E-state index contributed by atoms with van der Waals surface area (Å²) in [6.45, 7) is 0. The van der Waals surface area contributed by atoms with Gasteiger partial charge in [-0.1, -0.05) is 11.8 Å². The molecular weight excluding hydrogens is 96.1 g/mol. The van der Waals surface area contributed by atoms with Crippen LogP contribution in [-0.2, 0) is 0 Å². The quantitative estimate of drug-likeness (QED) is 0.419. The van der Waals surface area contributed by atoms with Crippen molar-refractivity contribution in [1.29, 1.82) is 0 Å². The van der Waals surface area contributed by atoms with E-state index < -0.39 is 0 Å². The van der Waals surface area contributed by atoms with Crippen LogP contribution in [-0.4, -0.2) is 17.1 Å². The summed E-state index contributed by atoms with van der Waals surface area (Å²) in [6.07, 6.45) is 1.68. The minimum Gasteiger partial charge on any atom is -0.233 e. The second-order valence-electron chi connectivity index (χ2n) is 0.905. The van der Waals surface area contributed by atoms with E-state index in [0.29, 0.717) is 0 Å². The second-order valence-corrected chi connectivity index (χ2v) is 1.89. The van der Waals surface area contributed by atoms with E-state index in [9.17, 15) is 0 Å². The lowest BCUT2D eigenvalue weighted by molar-refractivity contribution is 1.72. The smallest absolute Gasteiger partial charge is 0.209 e. The van der Waals surface area contributed by atoms with Gasteiger partial charge in [-0.2, -0.15) is 0 Å². The highest BCUT2D eigenvalue weighted by atomic mass is 32.2. The predicted molar refractivity (Wildman–Crippen MR) is 28.1 cm³/mol. The van der Waals surface area contributed by atoms with E-state index >= 15 is 0 Å². The summed E-state index contributed by atoms with van der Waals surface area (Å²) in [5, 5.41) is 8.60. The van der Waals surface area contributed by atoms with E-state index in [1.165, 1.54) is 11.8 Å². The highest BCUT2D eigenvalue weighted by molar-refractivity contribution is 8.14. The molecule has 3 heteroatoms. The normalized spacial score (nSPS) is 19.7. The lowest BCUT2D eigenvalue weighted by Gasteiger charge is -1.72. The van der Waals surface area contributed by atoms with Gasteiger partial charge in [0.15, 0.2) is 0 Å². The fraction of sp³-hybridized carbons (Fsp3) is 0.333. The fourth-order valence-corrected chi connectivity index (χ4v) is 0.712. The van der Waals surface area contributed by atoms with Crippen LogP contribution in [0.2, 0.25) is 0 Å². The third-order valence-corrected chi connectivity index (χ3v) is 1.17. The fourth-order valence-electron chi connectivity index (χ4n) is 0.264. The number of hydrogen-bond acceptors (Lipinski definition) is 1. The first kappa shape index (κ1) is 3.87. The van der Waals surface area contributed by atoms with Crippen LogP contribution in [0.15, 0.2) is 4.99 Å². The van der Waals surface area contributed by atoms with Gasteiger partial charge in [0.25, 0.3) is 0 Å². The Morgan fingerprint density at radius 2 is 2.83 bits per heavy atom. The van der Waals surface area contributed by atoms with E-state index in [2.05, 4.69) is 4.99 Å². The molecule has 1 aliphatic rings. The van der Waals surface area contributed by atoms with Gasteiger partial charge in [0.1, 0.15) is 0 Å². The molecule has 0 saturated heterocycles. The molecule has 1 aliphatic heterocycles. The molecule has 0 aromatic rings. The zero-order chi connectivity index (χ0) is 4.41. The molecule has 0 aromatic heterocycles. The molecule has 6 heavy (non-hydrogen) atoms. The molecule has 0 N–H and O–H groups in total. The summed E-state index contributed by atoms with van der Waals surface area (Å²) in [4.78, 5) is 3.55. The van der Waals surface area contributed by atoms with Crippen LogP contribution in [0.3, 0.4) is 0 Å². The number of rotatable bonds is 0. The maximum Gasteiger partial charge on any atom is 0.209 e. The summed E-state index contributed by atoms with van der Waals surface area (Å²) >= 11 is 1.35. The molecule has 0 bridgehead atoms. The Kier molecular flexibility index (Phi) is 0.919. The Balaban J connectivity index is 2.59.